The standard InChI is InChI=1S/C21H27N5O3.H2/c1-2-28-11-12-29-20-22-13-18-19(24-20)26(21(27)23-18)15-17-7-5-16(6-8-17)14-25-9-3-4-10-25;/h5-8,13H,2-4,9-12,14-15H2,1H3,(H,23,27);1H. The van der Waals surface area contributed by atoms with E-state index in [0.717, 1.165) is 12.1 Å². The van der Waals surface area contributed by atoms with E-state index in [1.807, 2.05) is 6.92 Å². The number of H-pyrrole nitrogens is 1. The van der Waals surface area contributed by atoms with Crippen molar-refractivity contribution in [2.45, 2.75) is 32.9 Å². The van der Waals surface area contributed by atoms with Gasteiger partial charge >= 0.3 is 11.7 Å². The minimum absolute atomic E-state index is 0. The van der Waals surface area contributed by atoms with Crippen LogP contribution in [0.3, 0.4) is 0 Å². The molecule has 1 fully saturated rings. The van der Waals surface area contributed by atoms with Crippen molar-refractivity contribution in [1.29, 1.82) is 0 Å². The molecule has 1 saturated heterocycles. The summed E-state index contributed by atoms with van der Waals surface area (Å²) in [6.07, 6.45) is 4.16. The highest BCUT2D eigenvalue weighted by Crippen LogP contribution is 2.15. The summed E-state index contributed by atoms with van der Waals surface area (Å²) < 4.78 is 12.4. The quantitative estimate of drug-likeness (QED) is 0.556. The Labute approximate surface area is 171 Å². The fourth-order valence-corrected chi connectivity index (χ4v) is 3.61. The fraction of sp³-hybridized carbons (Fsp3) is 0.476. The summed E-state index contributed by atoms with van der Waals surface area (Å²) in [6, 6.07) is 8.69. The average molecular weight is 399 g/mol. The molecule has 3 aromatic rings. The fourth-order valence-electron chi connectivity index (χ4n) is 3.61. The van der Waals surface area contributed by atoms with Gasteiger partial charge in [0.15, 0.2) is 5.65 Å². The molecule has 0 atom stereocenters. The molecule has 0 unspecified atom stereocenters. The third-order valence-corrected chi connectivity index (χ3v) is 5.12. The topological polar surface area (TPSA) is 85.3 Å². The number of aromatic nitrogens is 4. The molecule has 1 aliphatic rings. The Balaban J connectivity index is 0.00000256. The molecule has 1 aliphatic heterocycles. The number of ether oxygens (including phenoxy) is 2. The molecule has 1 N–H and O–H groups in total. The Morgan fingerprint density at radius 2 is 1.83 bits per heavy atom. The van der Waals surface area contributed by atoms with Gasteiger partial charge in [0.05, 0.1) is 19.3 Å². The molecule has 0 saturated carbocycles. The van der Waals surface area contributed by atoms with Crippen molar-refractivity contribution in [2.24, 2.45) is 0 Å². The minimum Gasteiger partial charge on any atom is -0.461 e. The zero-order valence-electron chi connectivity index (χ0n) is 16.8. The largest absolute Gasteiger partial charge is 0.461 e. The van der Waals surface area contributed by atoms with Crippen molar-refractivity contribution in [2.75, 3.05) is 32.9 Å². The van der Waals surface area contributed by atoms with Crippen LogP contribution in [0.2, 0.25) is 0 Å². The number of benzene rings is 1. The molecule has 2 aromatic heterocycles. The van der Waals surface area contributed by atoms with Crippen molar-refractivity contribution >= 4 is 11.2 Å². The maximum absolute atomic E-state index is 12.4. The van der Waals surface area contributed by atoms with E-state index in [4.69, 9.17) is 9.47 Å². The lowest BCUT2D eigenvalue weighted by Gasteiger charge is -2.14. The van der Waals surface area contributed by atoms with Crippen molar-refractivity contribution < 1.29 is 10.9 Å². The van der Waals surface area contributed by atoms with E-state index < -0.39 is 0 Å². The second-order valence-electron chi connectivity index (χ2n) is 7.25. The van der Waals surface area contributed by atoms with Gasteiger partial charge < -0.3 is 14.5 Å². The van der Waals surface area contributed by atoms with Gasteiger partial charge in [-0.3, -0.25) is 9.47 Å². The zero-order chi connectivity index (χ0) is 20.1. The van der Waals surface area contributed by atoms with Crippen LogP contribution in [-0.2, 0) is 17.8 Å². The predicted molar refractivity (Wildman–Crippen MR) is 112 cm³/mol. The first kappa shape index (κ1) is 19.6. The molecule has 0 amide bonds. The molecular formula is C21H29N5O3. The molecule has 156 valence electrons. The second-order valence-corrected chi connectivity index (χ2v) is 7.25. The number of fused-ring (bicyclic) bond motifs is 1. The van der Waals surface area contributed by atoms with Crippen molar-refractivity contribution in [1.82, 2.24) is 24.4 Å². The smallest absolute Gasteiger partial charge is 0.328 e. The van der Waals surface area contributed by atoms with Gasteiger partial charge in [0.25, 0.3) is 0 Å². The summed E-state index contributed by atoms with van der Waals surface area (Å²) in [5, 5.41) is 0. The van der Waals surface area contributed by atoms with Crippen LogP contribution in [0.1, 0.15) is 32.3 Å². The Kier molecular flexibility index (Phi) is 6.21. The highest BCUT2D eigenvalue weighted by molar-refractivity contribution is 5.69. The number of imidazole rings is 1. The van der Waals surface area contributed by atoms with Crippen LogP contribution < -0.4 is 10.4 Å². The molecule has 0 spiro atoms. The Morgan fingerprint density at radius 3 is 2.55 bits per heavy atom. The summed E-state index contributed by atoms with van der Waals surface area (Å²) in [5.41, 5.74) is 3.28. The zero-order valence-corrected chi connectivity index (χ0v) is 16.8. The van der Waals surface area contributed by atoms with Crippen LogP contribution in [0, 0.1) is 0 Å². The molecule has 0 bridgehead atoms. The maximum Gasteiger partial charge on any atom is 0.328 e. The highest BCUT2D eigenvalue weighted by atomic mass is 16.5. The number of nitrogens with one attached hydrogen (secondary N) is 1. The molecule has 1 aromatic carbocycles. The van der Waals surface area contributed by atoms with Crippen LogP contribution in [-0.4, -0.2) is 57.3 Å². The lowest BCUT2D eigenvalue weighted by Crippen LogP contribution is -2.19. The van der Waals surface area contributed by atoms with Crippen molar-refractivity contribution in [3.63, 3.8) is 0 Å². The number of hydrogen-bond acceptors (Lipinski definition) is 6. The molecule has 3 heterocycles. The van der Waals surface area contributed by atoms with Crippen LogP contribution in [0.4, 0.5) is 0 Å². The summed E-state index contributed by atoms with van der Waals surface area (Å²) >= 11 is 0. The van der Waals surface area contributed by atoms with Gasteiger partial charge in [-0.1, -0.05) is 24.3 Å². The van der Waals surface area contributed by atoms with E-state index in [1.165, 1.54) is 31.5 Å². The Hall–Kier alpha value is -2.71. The number of likely N-dealkylation sites (tertiary alicyclic amines) is 1. The second kappa shape index (κ2) is 9.19. The number of nitrogens with zero attached hydrogens (tertiary/aromatic N) is 4. The third kappa shape index (κ3) is 4.83. The van der Waals surface area contributed by atoms with Crippen LogP contribution >= 0.6 is 0 Å². The third-order valence-electron chi connectivity index (χ3n) is 5.12. The van der Waals surface area contributed by atoms with E-state index in [1.54, 1.807) is 10.8 Å². The molecule has 8 heteroatoms. The number of rotatable bonds is 9. The van der Waals surface area contributed by atoms with Gasteiger partial charge in [0.1, 0.15) is 12.1 Å². The van der Waals surface area contributed by atoms with E-state index in [0.29, 0.717) is 37.5 Å². The van der Waals surface area contributed by atoms with E-state index in [2.05, 4.69) is 44.1 Å². The SMILES string of the molecule is CCOCCOc1ncc2[nH]c(=O)n(Cc3ccc(CN4CCCC4)cc3)c2n1.[HH]. The Bertz CT molecular complexity index is 996. The lowest BCUT2D eigenvalue weighted by atomic mass is 10.1. The summed E-state index contributed by atoms with van der Waals surface area (Å²) in [5.74, 6) is 0. The molecular weight excluding hydrogens is 370 g/mol. The number of aromatic amines is 1. The first-order chi connectivity index (χ1) is 14.2. The lowest BCUT2D eigenvalue weighted by molar-refractivity contribution is 0.106. The van der Waals surface area contributed by atoms with Crippen molar-refractivity contribution in [3.05, 3.63) is 52.1 Å². The normalized spacial score (nSPS) is 14.7. The number of hydrogen-bond donors (Lipinski definition) is 1. The van der Waals surface area contributed by atoms with Gasteiger partial charge in [0, 0.05) is 14.6 Å². The van der Waals surface area contributed by atoms with Crippen molar-refractivity contribution in [3.8, 4) is 6.01 Å². The van der Waals surface area contributed by atoms with Crippen LogP contribution in [0.15, 0.2) is 35.3 Å². The molecule has 8 nitrogen and oxygen atoms in total. The summed E-state index contributed by atoms with van der Waals surface area (Å²) in [7, 11) is 0. The molecule has 0 aliphatic carbocycles. The van der Waals surface area contributed by atoms with Gasteiger partial charge in [0.2, 0.25) is 0 Å². The van der Waals surface area contributed by atoms with E-state index in [9.17, 15) is 4.79 Å². The maximum atomic E-state index is 12.4. The summed E-state index contributed by atoms with van der Waals surface area (Å²) in [6.45, 7) is 7.20. The minimum atomic E-state index is -0.207. The predicted octanol–water partition coefficient (Wildman–Crippen LogP) is 2.42. The highest BCUT2D eigenvalue weighted by Gasteiger charge is 2.13. The van der Waals surface area contributed by atoms with Gasteiger partial charge in [-0.05, 0) is 44.0 Å². The van der Waals surface area contributed by atoms with Crippen LogP contribution in [0.5, 0.6) is 6.01 Å². The molecule has 29 heavy (non-hydrogen) atoms. The van der Waals surface area contributed by atoms with Gasteiger partial charge in [-0.25, -0.2) is 9.78 Å². The Morgan fingerprint density at radius 1 is 1.10 bits per heavy atom. The first-order valence-corrected chi connectivity index (χ1v) is 10.2. The summed E-state index contributed by atoms with van der Waals surface area (Å²) in [4.78, 5) is 26.3. The van der Waals surface area contributed by atoms with Gasteiger partial charge in [-0.2, -0.15) is 4.98 Å². The first-order valence-electron chi connectivity index (χ1n) is 10.2. The molecule has 0 radical (unpaired) electrons. The molecule has 4 rings (SSSR count). The van der Waals surface area contributed by atoms with Crippen LogP contribution in [0.25, 0.3) is 11.2 Å². The van der Waals surface area contributed by atoms with E-state index >= 15 is 0 Å². The van der Waals surface area contributed by atoms with E-state index in [-0.39, 0.29) is 13.1 Å². The van der Waals surface area contributed by atoms with Gasteiger partial charge in [-0.15, -0.1) is 0 Å². The average Bonchev–Trinajstić information content (AvgIpc) is 3.35. The monoisotopic (exact) mass is 399 g/mol.